The van der Waals surface area contributed by atoms with E-state index in [0.29, 0.717) is 0 Å². The first-order valence-electron chi connectivity index (χ1n) is 20.7. The number of thioether (sulfide) groups is 3. The summed E-state index contributed by atoms with van der Waals surface area (Å²) in [6, 6.07) is 52.9. The molecule has 0 aliphatic rings. The van der Waals surface area contributed by atoms with Gasteiger partial charge in [-0.1, -0.05) is 76.5 Å². The van der Waals surface area contributed by atoms with E-state index in [1.54, 1.807) is 54.0 Å². The van der Waals surface area contributed by atoms with Gasteiger partial charge in [-0.05, 0) is 97.9 Å². The summed E-state index contributed by atoms with van der Waals surface area (Å²) in [6.45, 7) is 8.36. The minimum absolute atomic E-state index is 0. The average Bonchev–Trinajstić information content (AvgIpc) is 3.35. The molecule has 351 valence electrons. The van der Waals surface area contributed by atoms with Gasteiger partial charge in [0.15, 0.2) is 0 Å². The first kappa shape index (κ1) is 56.1. The van der Waals surface area contributed by atoms with Crippen molar-refractivity contribution >= 4 is 35.3 Å². The van der Waals surface area contributed by atoms with Crippen LogP contribution in [-0.4, -0.2) is 48.7 Å². The summed E-state index contributed by atoms with van der Waals surface area (Å²) in [5.41, 5.74) is 16.3. The Hall–Kier alpha value is -4.51. The van der Waals surface area contributed by atoms with Crippen molar-refractivity contribution in [3.05, 3.63) is 199 Å². The minimum Gasteiger partial charge on any atom is -0.286 e. The van der Waals surface area contributed by atoms with Gasteiger partial charge in [0.1, 0.15) is 19.0 Å². The van der Waals surface area contributed by atoms with Crippen molar-refractivity contribution in [2.45, 2.75) is 42.4 Å². The van der Waals surface area contributed by atoms with Crippen LogP contribution in [0, 0.1) is 51.7 Å². The third-order valence-electron chi connectivity index (χ3n) is 10.5. The molecule has 6 aromatic carbocycles. The van der Waals surface area contributed by atoms with Gasteiger partial charge >= 0.3 is 0 Å². The molecule has 68 heavy (non-hydrogen) atoms. The fourth-order valence-corrected chi connectivity index (χ4v) is 8.43. The Morgan fingerprint density at radius 2 is 0.838 bits per heavy atom. The molecule has 9 rings (SSSR count). The van der Waals surface area contributed by atoms with Gasteiger partial charge in [-0.2, -0.15) is 11.8 Å². The molecular weight excluding hydrogens is 1440 g/mol. The third-order valence-corrected chi connectivity index (χ3v) is 12.6. The monoisotopic (exact) mass is 1480 g/mol. The number of aryl methyl sites for hydroxylation is 4. The molecular formula is C55H46FIr3N6S3-3. The maximum Gasteiger partial charge on any atom is 0.106 e. The van der Waals surface area contributed by atoms with Crippen molar-refractivity contribution in [3.8, 4) is 67.5 Å². The third kappa shape index (κ3) is 14.8. The Morgan fingerprint density at radius 1 is 0.397 bits per heavy atom. The van der Waals surface area contributed by atoms with Crippen molar-refractivity contribution in [2.75, 3.05) is 18.8 Å². The maximum absolute atomic E-state index is 13.0. The van der Waals surface area contributed by atoms with Crippen LogP contribution in [0.1, 0.15) is 22.3 Å². The smallest absolute Gasteiger partial charge is 0.106 e. The van der Waals surface area contributed by atoms with Gasteiger partial charge in [-0.3, -0.25) is 19.3 Å². The number of nitrogens with zero attached hydrogens (tertiary/aromatic N) is 6. The molecule has 0 spiro atoms. The maximum atomic E-state index is 13.0. The standard InChI is InChI=1S/C19H17N2S.C18H14FN2.C18H15N2S2.3Ir/c1-13-5-4-6-14(2)19(13)18-11-17(20-12-21-18)15-7-9-16(22-3)10-8-15;1-12-4-3-5-13(2)18(12)17-10-16(20-11-21-17)14-6-8-15(19)9-7-14;1-21-15-7-3-5-13(9-15)17-11-18(20-12-19-17)14-6-4-8-16(10-14)22-2;;;/h4-7,9-12H,1-3H3;3-6,8-11H,1-2H3;3-5,7-12H,1-2H3;;;/q3*-1;;;. The second kappa shape index (κ2) is 27.6. The Bertz CT molecular complexity index is 2930. The van der Waals surface area contributed by atoms with Crippen LogP contribution in [-0.2, 0) is 60.3 Å². The molecule has 13 heteroatoms. The topological polar surface area (TPSA) is 77.3 Å². The van der Waals surface area contributed by atoms with E-state index >= 15 is 0 Å². The Labute approximate surface area is 453 Å². The molecule has 0 bridgehead atoms. The molecule has 0 unspecified atom stereocenters. The Morgan fingerprint density at radius 3 is 1.32 bits per heavy atom. The molecule has 0 saturated heterocycles. The van der Waals surface area contributed by atoms with Crippen LogP contribution >= 0.6 is 35.3 Å². The predicted molar refractivity (Wildman–Crippen MR) is 269 cm³/mol. The molecule has 6 nitrogen and oxygen atoms in total. The Kier molecular flexibility index (Phi) is 22.8. The van der Waals surface area contributed by atoms with Crippen molar-refractivity contribution in [1.82, 2.24) is 29.9 Å². The minimum atomic E-state index is -0.303. The average molecular weight is 1480 g/mol. The number of hydrogen-bond donors (Lipinski definition) is 0. The van der Waals surface area contributed by atoms with E-state index in [2.05, 4.69) is 173 Å². The van der Waals surface area contributed by atoms with Crippen molar-refractivity contribution in [3.63, 3.8) is 0 Å². The van der Waals surface area contributed by atoms with Gasteiger partial charge in [-0.15, -0.1) is 113 Å². The van der Waals surface area contributed by atoms with Crippen LogP contribution in [0.2, 0.25) is 0 Å². The van der Waals surface area contributed by atoms with E-state index in [4.69, 9.17) is 0 Å². The fraction of sp³-hybridized carbons (Fsp3) is 0.127. The van der Waals surface area contributed by atoms with Crippen LogP contribution in [0.25, 0.3) is 67.5 Å². The van der Waals surface area contributed by atoms with Crippen LogP contribution in [0.15, 0.2) is 167 Å². The molecule has 0 saturated carbocycles. The second-order valence-electron chi connectivity index (χ2n) is 14.8. The first-order chi connectivity index (χ1) is 31.6. The molecule has 0 N–H and O–H groups in total. The summed E-state index contributed by atoms with van der Waals surface area (Å²) < 4.78 is 13.0. The number of halogens is 1. The zero-order chi connectivity index (χ0) is 45.7. The summed E-state index contributed by atoms with van der Waals surface area (Å²) in [4.78, 5) is 29.9. The van der Waals surface area contributed by atoms with E-state index in [-0.39, 0.29) is 66.1 Å². The fourth-order valence-electron chi connectivity index (χ4n) is 7.15. The van der Waals surface area contributed by atoms with Gasteiger partial charge in [0, 0.05) is 87.7 Å². The van der Waals surface area contributed by atoms with Crippen molar-refractivity contribution < 1.29 is 64.7 Å². The number of rotatable bonds is 9. The molecule has 0 fully saturated rings. The molecule has 3 radical (unpaired) electrons. The summed E-state index contributed by atoms with van der Waals surface area (Å²) >= 11 is 5.16. The molecule has 0 aliphatic heterocycles. The van der Waals surface area contributed by atoms with E-state index in [1.165, 1.54) is 61.0 Å². The normalized spacial score (nSPS) is 10.2. The Balaban J connectivity index is 0.000000218. The van der Waals surface area contributed by atoms with Crippen LogP contribution in [0.5, 0.6) is 0 Å². The van der Waals surface area contributed by atoms with Crippen LogP contribution < -0.4 is 0 Å². The van der Waals surface area contributed by atoms with E-state index < -0.39 is 0 Å². The zero-order valence-electron chi connectivity index (χ0n) is 38.2. The number of hydrogen-bond acceptors (Lipinski definition) is 9. The van der Waals surface area contributed by atoms with Gasteiger partial charge in [-0.25, -0.2) is 15.0 Å². The number of aromatic nitrogens is 6. The van der Waals surface area contributed by atoms with E-state index in [9.17, 15) is 4.39 Å². The summed E-state index contributed by atoms with van der Waals surface area (Å²) in [6.07, 6.45) is 11.0. The van der Waals surface area contributed by atoms with Crippen molar-refractivity contribution in [1.29, 1.82) is 0 Å². The summed E-state index contributed by atoms with van der Waals surface area (Å²) in [5.74, 6) is -0.303. The first-order valence-corrected chi connectivity index (χ1v) is 24.3. The SMILES string of the molecule is CSc1c[c-]c(-c2cc(-c3c(C)cccc3C)ncn2)cc1.CSc1cc[c-]c(-c2cc(-c3cccc(SC)c3)ncn2)c1.Cc1cccc(C)c1-c1cc(-c2[c-]cc(F)cc2)ncn1.[Ir].[Ir].[Ir]. The zero-order valence-corrected chi connectivity index (χ0v) is 47.9. The van der Waals surface area contributed by atoms with Crippen molar-refractivity contribution in [2.24, 2.45) is 0 Å². The predicted octanol–water partition coefficient (Wildman–Crippen LogP) is 14.4. The summed E-state index contributed by atoms with van der Waals surface area (Å²) in [7, 11) is 0. The van der Waals surface area contributed by atoms with Gasteiger partial charge in [0.05, 0.1) is 17.1 Å². The van der Waals surface area contributed by atoms with E-state index in [1.807, 2.05) is 36.4 Å². The van der Waals surface area contributed by atoms with Crippen LogP contribution in [0.4, 0.5) is 4.39 Å². The molecule has 9 aromatic rings. The van der Waals surface area contributed by atoms with Gasteiger partial charge in [0.2, 0.25) is 0 Å². The van der Waals surface area contributed by atoms with Crippen LogP contribution in [0.3, 0.4) is 0 Å². The van der Waals surface area contributed by atoms with Gasteiger partial charge < -0.3 is 0 Å². The molecule has 0 atom stereocenters. The largest absolute Gasteiger partial charge is 0.286 e. The van der Waals surface area contributed by atoms with Gasteiger partial charge in [0.25, 0.3) is 0 Å². The van der Waals surface area contributed by atoms with E-state index in [0.717, 1.165) is 62.0 Å². The molecule has 0 amide bonds. The molecule has 3 heterocycles. The second-order valence-corrected chi connectivity index (χ2v) is 17.5. The molecule has 3 aromatic heterocycles. The number of benzene rings is 6. The molecule has 0 aliphatic carbocycles. The quantitative estimate of drug-likeness (QED) is 0.104. The summed E-state index contributed by atoms with van der Waals surface area (Å²) in [5, 5.41) is 0.